The Kier molecular flexibility index (Phi) is 4.58. The van der Waals surface area contributed by atoms with Gasteiger partial charge >= 0.3 is 0 Å². The third-order valence-electron chi connectivity index (χ3n) is 3.64. The summed E-state index contributed by atoms with van der Waals surface area (Å²) in [5.74, 6) is 0. The van der Waals surface area contributed by atoms with Crippen molar-refractivity contribution in [3.63, 3.8) is 0 Å². The van der Waals surface area contributed by atoms with Crippen molar-refractivity contribution in [2.75, 3.05) is 20.6 Å². The monoisotopic (exact) mass is 309 g/mol. The average Bonchev–Trinajstić information content (AvgIpc) is 2.78. The fourth-order valence-electron chi connectivity index (χ4n) is 3.17. The molecule has 0 aliphatic heterocycles. The largest absolute Gasteiger partial charge is 0.328 e. The molecule has 0 bridgehead atoms. The van der Waals surface area contributed by atoms with Gasteiger partial charge in [-0.15, -0.1) is 0 Å². The van der Waals surface area contributed by atoms with E-state index in [1.165, 1.54) is 0 Å². The second-order valence-corrected chi connectivity index (χ2v) is 7.32. The van der Waals surface area contributed by atoms with E-state index in [1.54, 1.807) is 0 Å². The number of imidazole rings is 1. The zero-order valence-corrected chi connectivity index (χ0v) is 14.8. The molecule has 0 unspecified atom stereocenters. The summed E-state index contributed by atoms with van der Waals surface area (Å²) in [4.78, 5) is 5.58. The van der Waals surface area contributed by atoms with Crippen LogP contribution in [0.5, 0.6) is 0 Å². The van der Waals surface area contributed by atoms with Crippen LogP contribution in [0.3, 0.4) is 0 Å². The van der Waals surface area contributed by atoms with E-state index in [2.05, 4.69) is 54.4 Å². The molecule has 2 aromatic heterocycles. The van der Waals surface area contributed by atoms with Gasteiger partial charge in [-0.05, 0) is 38.1 Å². The standard InChI is InChI=1S/C15H27N5S/c1-7-8-11-12-13(19(6)17-11)20(14(21)16-12)10-15(2,3)9-18(4)5/h7-10H2,1-6H3,(H,16,21). The number of aromatic amines is 1. The highest BCUT2D eigenvalue weighted by atomic mass is 32.1. The van der Waals surface area contributed by atoms with E-state index in [9.17, 15) is 0 Å². The molecule has 0 saturated heterocycles. The Morgan fingerprint density at radius 2 is 2.00 bits per heavy atom. The van der Waals surface area contributed by atoms with Gasteiger partial charge in [-0.25, -0.2) is 0 Å². The summed E-state index contributed by atoms with van der Waals surface area (Å²) in [7, 11) is 6.22. The van der Waals surface area contributed by atoms with Crippen LogP contribution in [0.2, 0.25) is 0 Å². The van der Waals surface area contributed by atoms with Gasteiger partial charge < -0.3 is 14.5 Å². The first-order chi connectivity index (χ1) is 9.75. The number of aromatic nitrogens is 4. The van der Waals surface area contributed by atoms with Gasteiger partial charge in [-0.3, -0.25) is 4.68 Å². The fraction of sp³-hybridized carbons (Fsp3) is 0.733. The third kappa shape index (κ3) is 3.37. The Morgan fingerprint density at radius 3 is 2.57 bits per heavy atom. The van der Waals surface area contributed by atoms with Crippen molar-refractivity contribution in [3.05, 3.63) is 10.5 Å². The molecule has 2 heterocycles. The van der Waals surface area contributed by atoms with Crippen LogP contribution in [0, 0.1) is 10.2 Å². The Balaban J connectivity index is 2.45. The van der Waals surface area contributed by atoms with Crippen molar-refractivity contribution >= 4 is 23.4 Å². The molecular formula is C15H27N5S. The van der Waals surface area contributed by atoms with Crippen LogP contribution in [0.15, 0.2) is 0 Å². The minimum absolute atomic E-state index is 0.145. The van der Waals surface area contributed by atoms with Crippen LogP contribution in [0.4, 0.5) is 0 Å². The molecule has 0 aliphatic carbocycles. The number of hydrogen-bond acceptors (Lipinski definition) is 3. The predicted octanol–water partition coefficient (Wildman–Crippen LogP) is 2.97. The molecular weight excluding hydrogens is 282 g/mol. The molecule has 2 rings (SSSR count). The lowest BCUT2D eigenvalue weighted by Gasteiger charge is -2.28. The van der Waals surface area contributed by atoms with Crippen molar-refractivity contribution in [1.29, 1.82) is 0 Å². The smallest absolute Gasteiger partial charge is 0.179 e. The van der Waals surface area contributed by atoms with Gasteiger partial charge in [0, 0.05) is 20.1 Å². The van der Waals surface area contributed by atoms with Crippen LogP contribution < -0.4 is 0 Å². The van der Waals surface area contributed by atoms with Crippen molar-refractivity contribution in [2.24, 2.45) is 12.5 Å². The maximum absolute atomic E-state index is 5.54. The molecule has 21 heavy (non-hydrogen) atoms. The number of nitrogens with zero attached hydrogens (tertiary/aromatic N) is 4. The Morgan fingerprint density at radius 1 is 1.33 bits per heavy atom. The molecule has 0 radical (unpaired) electrons. The van der Waals surface area contributed by atoms with Gasteiger partial charge in [-0.1, -0.05) is 27.2 Å². The van der Waals surface area contributed by atoms with Crippen molar-refractivity contribution in [3.8, 4) is 0 Å². The highest BCUT2D eigenvalue weighted by Gasteiger charge is 2.23. The molecule has 5 nitrogen and oxygen atoms in total. The summed E-state index contributed by atoms with van der Waals surface area (Å²) in [6.45, 7) is 8.62. The van der Waals surface area contributed by atoms with Crippen molar-refractivity contribution < 1.29 is 0 Å². The molecule has 0 amide bonds. The lowest BCUT2D eigenvalue weighted by atomic mass is 9.93. The Bertz CT molecular complexity index is 674. The lowest BCUT2D eigenvalue weighted by Crippen LogP contribution is -2.32. The van der Waals surface area contributed by atoms with E-state index in [-0.39, 0.29) is 5.41 Å². The summed E-state index contributed by atoms with van der Waals surface area (Å²) >= 11 is 5.54. The van der Waals surface area contributed by atoms with Gasteiger partial charge in [0.05, 0.1) is 5.69 Å². The van der Waals surface area contributed by atoms with Gasteiger partial charge in [0.2, 0.25) is 0 Å². The second-order valence-electron chi connectivity index (χ2n) is 6.94. The molecule has 0 atom stereocenters. The van der Waals surface area contributed by atoms with E-state index in [1.807, 2.05) is 11.7 Å². The first kappa shape index (κ1) is 16.2. The first-order valence-corrected chi connectivity index (χ1v) is 7.95. The SMILES string of the molecule is CCCc1nn(C)c2c1[nH]c(=S)n2CC(C)(C)CN(C)C. The van der Waals surface area contributed by atoms with Crippen LogP contribution in [0.1, 0.15) is 32.9 Å². The van der Waals surface area contributed by atoms with Crippen LogP contribution in [-0.4, -0.2) is 44.9 Å². The van der Waals surface area contributed by atoms with E-state index in [4.69, 9.17) is 12.2 Å². The molecule has 2 aromatic rings. The average molecular weight is 309 g/mol. The predicted molar refractivity (Wildman–Crippen MR) is 90.2 cm³/mol. The van der Waals surface area contributed by atoms with E-state index >= 15 is 0 Å². The maximum atomic E-state index is 5.54. The molecule has 0 fully saturated rings. The highest BCUT2D eigenvalue weighted by molar-refractivity contribution is 7.71. The number of hydrogen-bond donors (Lipinski definition) is 1. The number of aryl methyl sites for hydroxylation is 2. The Hall–Kier alpha value is -1.14. The summed E-state index contributed by atoms with van der Waals surface area (Å²) in [6, 6.07) is 0. The van der Waals surface area contributed by atoms with E-state index in [0.717, 1.165) is 47.6 Å². The van der Waals surface area contributed by atoms with E-state index < -0.39 is 0 Å². The number of rotatable bonds is 6. The summed E-state index contributed by atoms with van der Waals surface area (Å²) in [5.41, 5.74) is 3.47. The normalized spacial score (nSPS) is 12.7. The Labute approximate surface area is 131 Å². The molecule has 1 N–H and O–H groups in total. The lowest BCUT2D eigenvalue weighted by molar-refractivity contribution is 0.212. The number of H-pyrrole nitrogens is 1. The minimum Gasteiger partial charge on any atom is -0.328 e. The molecule has 0 saturated carbocycles. The molecule has 0 spiro atoms. The molecule has 0 aromatic carbocycles. The fourth-order valence-corrected chi connectivity index (χ4v) is 3.42. The van der Waals surface area contributed by atoms with Crippen LogP contribution in [-0.2, 0) is 20.0 Å². The summed E-state index contributed by atoms with van der Waals surface area (Å²) in [5, 5.41) is 4.64. The molecule has 0 aliphatic rings. The molecule has 118 valence electrons. The van der Waals surface area contributed by atoms with Crippen LogP contribution in [0.25, 0.3) is 11.2 Å². The minimum atomic E-state index is 0.145. The van der Waals surface area contributed by atoms with Gasteiger partial charge in [-0.2, -0.15) is 5.10 Å². The zero-order valence-electron chi connectivity index (χ0n) is 14.0. The van der Waals surface area contributed by atoms with E-state index in [0.29, 0.717) is 0 Å². The van der Waals surface area contributed by atoms with Crippen molar-refractivity contribution in [1.82, 2.24) is 24.2 Å². The zero-order chi connectivity index (χ0) is 15.8. The van der Waals surface area contributed by atoms with Crippen molar-refractivity contribution in [2.45, 2.75) is 40.2 Å². The summed E-state index contributed by atoms with van der Waals surface area (Å²) < 4.78 is 4.95. The molecule has 6 heteroatoms. The summed E-state index contributed by atoms with van der Waals surface area (Å²) in [6.07, 6.45) is 2.07. The third-order valence-corrected chi connectivity index (χ3v) is 3.96. The number of nitrogens with one attached hydrogen (secondary N) is 1. The van der Waals surface area contributed by atoms with Gasteiger partial charge in [0.1, 0.15) is 5.52 Å². The second kappa shape index (κ2) is 5.93. The quantitative estimate of drug-likeness (QED) is 0.834. The topological polar surface area (TPSA) is 41.8 Å². The van der Waals surface area contributed by atoms with Gasteiger partial charge in [0.15, 0.2) is 10.4 Å². The van der Waals surface area contributed by atoms with Crippen LogP contribution >= 0.6 is 12.2 Å². The maximum Gasteiger partial charge on any atom is 0.179 e. The van der Waals surface area contributed by atoms with Gasteiger partial charge in [0.25, 0.3) is 0 Å². The number of fused-ring (bicyclic) bond motifs is 1. The first-order valence-electron chi connectivity index (χ1n) is 7.54. The highest BCUT2D eigenvalue weighted by Crippen LogP contribution is 2.25.